The van der Waals surface area contributed by atoms with Crippen LogP contribution in [0.15, 0.2) is 0 Å². The molecule has 1 aliphatic carbocycles. The first kappa shape index (κ1) is 15.5. The van der Waals surface area contributed by atoms with Gasteiger partial charge in [0, 0.05) is 16.5 Å². The first-order valence-electron chi connectivity index (χ1n) is 7.44. The van der Waals surface area contributed by atoms with Crippen LogP contribution < -0.4 is 10.6 Å². The van der Waals surface area contributed by atoms with Crippen molar-refractivity contribution in [2.45, 2.75) is 55.1 Å². The zero-order valence-electron chi connectivity index (χ0n) is 11.8. The molecule has 3 nitrogen and oxygen atoms in total. The number of carbonyl (C=O) groups excluding carboxylic acids is 1. The third kappa shape index (κ3) is 5.20. The van der Waals surface area contributed by atoms with Crippen LogP contribution in [0, 0.1) is 0 Å². The van der Waals surface area contributed by atoms with Crippen molar-refractivity contribution in [2.24, 2.45) is 0 Å². The van der Waals surface area contributed by atoms with Crippen molar-refractivity contribution >= 4 is 29.4 Å². The van der Waals surface area contributed by atoms with Crippen LogP contribution in [0.3, 0.4) is 0 Å². The van der Waals surface area contributed by atoms with Gasteiger partial charge >= 0.3 is 0 Å². The second kappa shape index (κ2) is 8.42. The number of nitrogens with one attached hydrogen (secondary N) is 2. The highest BCUT2D eigenvalue weighted by molar-refractivity contribution is 8.00. The van der Waals surface area contributed by atoms with Crippen LogP contribution in [0.5, 0.6) is 0 Å². The Morgan fingerprint density at radius 2 is 1.95 bits per heavy atom. The minimum absolute atomic E-state index is 0.245. The molecule has 1 aliphatic heterocycles. The summed E-state index contributed by atoms with van der Waals surface area (Å²) in [5, 5.41) is 7.93. The van der Waals surface area contributed by atoms with Crippen molar-refractivity contribution < 1.29 is 4.79 Å². The summed E-state index contributed by atoms with van der Waals surface area (Å²) in [7, 11) is 0. The van der Waals surface area contributed by atoms with Gasteiger partial charge in [-0.05, 0) is 45.0 Å². The minimum atomic E-state index is 0.245. The highest BCUT2D eigenvalue weighted by Gasteiger charge is 2.25. The summed E-state index contributed by atoms with van der Waals surface area (Å²) in [4.78, 5) is 12.1. The van der Waals surface area contributed by atoms with E-state index < -0.39 is 0 Å². The second-order valence-corrected chi connectivity index (χ2v) is 7.86. The van der Waals surface area contributed by atoms with Crippen LogP contribution in [-0.4, -0.2) is 47.5 Å². The van der Waals surface area contributed by atoms with Gasteiger partial charge in [0.05, 0.1) is 5.75 Å². The van der Waals surface area contributed by atoms with Crippen molar-refractivity contribution in [2.75, 3.05) is 25.1 Å². The van der Waals surface area contributed by atoms with Gasteiger partial charge in [0.15, 0.2) is 0 Å². The largest absolute Gasteiger partial charge is 0.352 e. The van der Waals surface area contributed by atoms with E-state index in [4.69, 9.17) is 0 Å². The standard InChI is InChI=1S/C14H26N2OS2/c1-18-13-5-3-2-4-12(13)16-14(17)10-19-11-6-8-15-9-7-11/h11-13,15H,2-10H2,1H3,(H,16,17). The molecule has 0 spiro atoms. The summed E-state index contributed by atoms with van der Waals surface area (Å²) >= 11 is 3.76. The van der Waals surface area contributed by atoms with E-state index in [0.29, 0.717) is 22.3 Å². The van der Waals surface area contributed by atoms with Gasteiger partial charge in [-0.2, -0.15) is 11.8 Å². The molecular weight excluding hydrogens is 276 g/mol. The Labute approximate surface area is 125 Å². The molecule has 5 heteroatoms. The molecule has 1 amide bonds. The van der Waals surface area contributed by atoms with E-state index in [1.807, 2.05) is 23.5 Å². The molecular formula is C14H26N2OS2. The number of hydrogen-bond acceptors (Lipinski definition) is 4. The average Bonchev–Trinajstić information content (AvgIpc) is 2.47. The average molecular weight is 303 g/mol. The lowest BCUT2D eigenvalue weighted by Crippen LogP contribution is -2.44. The number of thioether (sulfide) groups is 2. The van der Waals surface area contributed by atoms with E-state index in [-0.39, 0.29) is 5.91 Å². The number of rotatable bonds is 5. The Kier molecular flexibility index (Phi) is 6.88. The van der Waals surface area contributed by atoms with Crippen LogP contribution in [0.2, 0.25) is 0 Å². The normalized spacial score (nSPS) is 29.1. The molecule has 2 unspecified atom stereocenters. The van der Waals surface area contributed by atoms with Gasteiger partial charge in [0.2, 0.25) is 5.91 Å². The Morgan fingerprint density at radius 1 is 1.21 bits per heavy atom. The zero-order valence-corrected chi connectivity index (χ0v) is 13.5. The van der Waals surface area contributed by atoms with Gasteiger partial charge in [-0.15, -0.1) is 11.8 Å². The van der Waals surface area contributed by atoms with Crippen LogP contribution >= 0.6 is 23.5 Å². The number of hydrogen-bond donors (Lipinski definition) is 2. The van der Waals surface area contributed by atoms with Gasteiger partial charge < -0.3 is 10.6 Å². The maximum absolute atomic E-state index is 12.1. The van der Waals surface area contributed by atoms with E-state index in [9.17, 15) is 4.79 Å². The van der Waals surface area contributed by atoms with Crippen LogP contribution in [0.4, 0.5) is 0 Å². The summed E-state index contributed by atoms with van der Waals surface area (Å²) in [5.74, 6) is 0.886. The van der Waals surface area contributed by atoms with Crippen LogP contribution in [0.25, 0.3) is 0 Å². The van der Waals surface area contributed by atoms with Crippen molar-refractivity contribution in [3.8, 4) is 0 Å². The molecule has 0 aromatic heterocycles. The predicted molar refractivity (Wildman–Crippen MR) is 86.1 cm³/mol. The molecule has 0 radical (unpaired) electrons. The molecule has 1 heterocycles. The first-order valence-corrected chi connectivity index (χ1v) is 9.77. The van der Waals surface area contributed by atoms with Crippen molar-refractivity contribution in [1.82, 2.24) is 10.6 Å². The molecule has 1 saturated carbocycles. The van der Waals surface area contributed by atoms with E-state index in [0.717, 1.165) is 19.5 Å². The fourth-order valence-electron chi connectivity index (χ4n) is 2.95. The van der Waals surface area contributed by atoms with Crippen molar-refractivity contribution in [3.05, 3.63) is 0 Å². The molecule has 2 rings (SSSR count). The minimum Gasteiger partial charge on any atom is -0.352 e. The summed E-state index contributed by atoms with van der Waals surface area (Å²) in [6, 6.07) is 0.407. The highest BCUT2D eigenvalue weighted by atomic mass is 32.2. The molecule has 1 saturated heterocycles. The van der Waals surface area contributed by atoms with Gasteiger partial charge in [0.1, 0.15) is 0 Å². The predicted octanol–water partition coefficient (Wildman–Crippen LogP) is 2.26. The lowest BCUT2D eigenvalue weighted by Gasteiger charge is -2.31. The number of amides is 1. The lowest BCUT2D eigenvalue weighted by molar-refractivity contribution is -0.119. The monoisotopic (exact) mass is 302 g/mol. The summed E-state index contributed by atoms with van der Waals surface area (Å²) in [6.07, 6.45) is 9.58. The van der Waals surface area contributed by atoms with Crippen molar-refractivity contribution in [3.63, 3.8) is 0 Å². The van der Waals surface area contributed by atoms with E-state index in [1.165, 1.54) is 32.1 Å². The molecule has 110 valence electrons. The molecule has 2 atom stereocenters. The van der Waals surface area contributed by atoms with Gasteiger partial charge in [-0.25, -0.2) is 0 Å². The quantitative estimate of drug-likeness (QED) is 0.817. The topological polar surface area (TPSA) is 41.1 Å². The lowest BCUT2D eigenvalue weighted by atomic mass is 9.95. The molecule has 19 heavy (non-hydrogen) atoms. The Hall–Kier alpha value is 0.130. The fourth-order valence-corrected chi connectivity index (χ4v) is 4.92. The fraction of sp³-hybridized carbons (Fsp3) is 0.929. The first-order chi connectivity index (χ1) is 9.29. The second-order valence-electron chi connectivity index (χ2n) is 5.49. The number of carbonyl (C=O) groups is 1. The molecule has 2 fully saturated rings. The van der Waals surface area contributed by atoms with E-state index in [2.05, 4.69) is 16.9 Å². The SMILES string of the molecule is CSC1CCCCC1NC(=O)CSC1CCNCC1. The highest BCUT2D eigenvalue weighted by Crippen LogP contribution is 2.27. The maximum Gasteiger partial charge on any atom is 0.230 e. The Balaban J connectivity index is 1.67. The molecule has 0 bridgehead atoms. The Bertz CT molecular complexity index is 283. The van der Waals surface area contributed by atoms with Gasteiger partial charge in [-0.1, -0.05) is 12.8 Å². The maximum atomic E-state index is 12.1. The van der Waals surface area contributed by atoms with Crippen molar-refractivity contribution in [1.29, 1.82) is 0 Å². The van der Waals surface area contributed by atoms with Crippen LogP contribution in [-0.2, 0) is 4.79 Å². The smallest absolute Gasteiger partial charge is 0.230 e. The van der Waals surface area contributed by atoms with E-state index in [1.54, 1.807) is 0 Å². The Morgan fingerprint density at radius 3 is 2.68 bits per heavy atom. The molecule has 0 aromatic carbocycles. The summed E-state index contributed by atoms with van der Waals surface area (Å²) in [6.45, 7) is 2.22. The summed E-state index contributed by atoms with van der Waals surface area (Å²) < 4.78 is 0. The van der Waals surface area contributed by atoms with Crippen LogP contribution in [0.1, 0.15) is 38.5 Å². The number of piperidine rings is 1. The third-order valence-electron chi connectivity index (χ3n) is 4.09. The zero-order chi connectivity index (χ0) is 13.5. The molecule has 2 aliphatic rings. The molecule has 0 aromatic rings. The molecule has 2 N–H and O–H groups in total. The summed E-state index contributed by atoms with van der Waals surface area (Å²) in [5.41, 5.74) is 0. The third-order valence-corrected chi connectivity index (χ3v) is 6.63. The van der Waals surface area contributed by atoms with E-state index >= 15 is 0 Å². The van der Waals surface area contributed by atoms with Gasteiger partial charge in [-0.3, -0.25) is 4.79 Å². The van der Waals surface area contributed by atoms with Gasteiger partial charge in [0.25, 0.3) is 0 Å².